The summed E-state index contributed by atoms with van der Waals surface area (Å²) in [5.41, 5.74) is 3.56. The van der Waals surface area contributed by atoms with Crippen LogP contribution in [0.15, 0.2) is 42.5 Å². The summed E-state index contributed by atoms with van der Waals surface area (Å²) >= 11 is 0. The van der Waals surface area contributed by atoms with E-state index in [2.05, 4.69) is 10.1 Å². The SMILES string of the molecule is COC(=O)c1ccccc1NC(=O)COC(=O)CCC(=O)c1ccc2c(c1)CCCC2. The van der Waals surface area contributed by atoms with E-state index in [0.29, 0.717) is 5.56 Å². The fourth-order valence-electron chi connectivity index (χ4n) is 3.55. The number of ether oxygens (including phenoxy) is 2. The van der Waals surface area contributed by atoms with E-state index in [1.807, 2.05) is 18.2 Å². The summed E-state index contributed by atoms with van der Waals surface area (Å²) in [7, 11) is 1.24. The summed E-state index contributed by atoms with van der Waals surface area (Å²) < 4.78 is 9.63. The molecule has 1 amide bonds. The number of rotatable bonds is 8. The fraction of sp³-hybridized carbons (Fsp3) is 0.333. The van der Waals surface area contributed by atoms with Crippen molar-refractivity contribution >= 4 is 29.3 Å². The van der Waals surface area contributed by atoms with Crippen molar-refractivity contribution in [3.05, 3.63) is 64.7 Å². The Morgan fingerprint density at radius 3 is 2.45 bits per heavy atom. The highest BCUT2D eigenvalue weighted by Gasteiger charge is 2.16. The number of Topliss-reactive ketones (excluding diaryl/α,β-unsaturated/α-hetero) is 1. The predicted octanol–water partition coefficient (Wildman–Crippen LogP) is 3.50. The van der Waals surface area contributed by atoms with E-state index in [1.54, 1.807) is 18.2 Å². The van der Waals surface area contributed by atoms with Gasteiger partial charge in [0.15, 0.2) is 12.4 Å². The van der Waals surface area contributed by atoms with Crippen molar-refractivity contribution in [3.63, 3.8) is 0 Å². The minimum absolute atomic E-state index is 0.0183. The summed E-state index contributed by atoms with van der Waals surface area (Å²) in [5.74, 6) is -1.94. The first-order valence-electron chi connectivity index (χ1n) is 10.3. The Morgan fingerprint density at radius 1 is 0.935 bits per heavy atom. The second-order valence-corrected chi connectivity index (χ2v) is 7.36. The molecule has 0 saturated heterocycles. The Labute approximate surface area is 180 Å². The third kappa shape index (κ3) is 6.01. The number of ketones is 1. The normalized spacial score (nSPS) is 12.4. The number of amides is 1. The number of esters is 2. The zero-order chi connectivity index (χ0) is 22.2. The molecule has 2 aromatic rings. The zero-order valence-electron chi connectivity index (χ0n) is 17.4. The first kappa shape index (κ1) is 22.2. The van der Waals surface area contributed by atoms with Crippen LogP contribution in [0.3, 0.4) is 0 Å². The summed E-state index contributed by atoms with van der Waals surface area (Å²) in [6.07, 6.45) is 4.23. The third-order valence-corrected chi connectivity index (χ3v) is 5.20. The first-order chi connectivity index (χ1) is 15.0. The molecule has 0 atom stereocenters. The maximum absolute atomic E-state index is 12.4. The molecule has 0 aliphatic heterocycles. The Balaban J connectivity index is 1.46. The average Bonchev–Trinajstić information content (AvgIpc) is 2.80. The van der Waals surface area contributed by atoms with Crippen molar-refractivity contribution in [1.82, 2.24) is 0 Å². The number of carbonyl (C=O) groups is 4. The van der Waals surface area contributed by atoms with Gasteiger partial charge in [-0.2, -0.15) is 0 Å². The topological polar surface area (TPSA) is 98.8 Å². The molecule has 0 spiro atoms. The Morgan fingerprint density at radius 2 is 1.68 bits per heavy atom. The van der Waals surface area contributed by atoms with Crippen LogP contribution >= 0.6 is 0 Å². The van der Waals surface area contributed by atoms with Crippen LogP contribution in [0.4, 0.5) is 5.69 Å². The molecule has 31 heavy (non-hydrogen) atoms. The highest BCUT2D eigenvalue weighted by molar-refractivity contribution is 6.02. The van der Waals surface area contributed by atoms with Crippen LogP contribution in [0, 0.1) is 0 Å². The number of hydrogen-bond donors (Lipinski definition) is 1. The molecule has 0 saturated carbocycles. The van der Waals surface area contributed by atoms with Crippen molar-refractivity contribution in [3.8, 4) is 0 Å². The molecule has 1 aliphatic rings. The number of fused-ring (bicyclic) bond motifs is 1. The van der Waals surface area contributed by atoms with E-state index in [0.717, 1.165) is 19.3 Å². The molecule has 0 fully saturated rings. The van der Waals surface area contributed by atoms with Gasteiger partial charge >= 0.3 is 11.9 Å². The van der Waals surface area contributed by atoms with Gasteiger partial charge in [-0.05, 0) is 55.0 Å². The van der Waals surface area contributed by atoms with Crippen LogP contribution in [0.1, 0.15) is 57.5 Å². The van der Waals surface area contributed by atoms with Gasteiger partial charge in [0.05, 0.1) is 24.8 Å². The van der Waals surface area contributed by atoms with E-state index in [9.17, 15) is 19.2 Å². The molecule has 0 unspecified atom stereocenters. The third-order valence-electron chi connectivity index (χ3n) is 5.20. The molecule has 1 aliphatic carbocycles. The highest BCUT2D eigenvalue weighted by Crippen LogP contribution is 2.23. The monoisotopic (exact) mass is 423 g/mol. The molecule has 7 nitrogen and oxygen atoms in total. The van der Waals surface area contributed by atoms with Crippen LogP contribution in [-0.4, -0.2) is 37.3 Å². The standard InChI is InChI=1S/C24H25NO6/c1-30-24(29)19-8-4-5-9-20(19)25-22(27)15-31-23(28)13-12-21(26)18-11-10-16-6-2-3-7-17(16)14-18/h4-5,8-11,14H,2-3,6-7,12-13,15H2,1H3,(H,25,27). The maximum atomic E-state index is 12.4. The van der Waals surface area contributed by atoms with Crippen LogP contribution in [-0.2, 0) is 31.9 Å². The largest absolute Gasteiger partial charge is 0.465 e. The summed E-state index contributed by atoms with van der Waals surface area (Å²) in [5, 5.41) is 2.52. The van der Waals surface area contributed by atoms with Gasteiger partial charge in [-0.25, -0.2) is 4.79 Å². The lowest BCUT2D eigenvalue weighted by Gasteiger charge is -2.16. The van der Waals surface area contributed by atoms with E-state index >= 15 is 0 Å². The molecular formula is C24H25NO6. The van der Waals surface area contributed by atoms with Gasteiger partial charge in [-0.3, -0.25) is 14.4 Å². The van der Waals surface area contributed by atoms with Crippen molar-refractivity contribution in [1.29, 1.82) is 0 Å². The van der Waals surface area contributed by atoms with Crippen LogP contribution in [0.2, 0.25) is 0 Å². The summed E-state index contributed by atoms with van der Waals surface area (Å²) in [4.78, 5) is 48.2. The molecule has 162 valence electrons. The molecule has 3 rings (SSSR count). The molecule has 0 radical (unpaired) electrons. The molecule has 2 aromatic carbocycles. The summed E-state index contributed by atoms with van der Waals surface area (Å²) in [6, 6.07) is 12.1. The number of carbonyl (C=O) groups excluding carboxylic acids is 4. The number of para-hydroxylation sites is 1. The maximum Gasteiger partial charge on any atom is 0.339 e. The van der Waals surface area contributed by atoms with E-state index in [1.165, 1.54) is 30.7 Å². The van der Waals surface area contributed by atoms with E-state index < -0.39 is 24.5 Å². The number of methoxy groups -OCH3 is 1. The quantitative estimate of drug-likeness (QED) is 0.515. The lowest BCUT2D eigenvalue weighted by atomic mass is 9.89. The molecular weight excluding hydrogens is 398 g/mol. The Bertz CT molecular complexity index is 997. The Hall–Kier alpha value is -3.48. The van der Waals surface area contributed by atoms with Crippen LogP contribution < -0.4 is 5.32 Å². The van der Waals surface area contributed by atoms with Gasteiger partial charge < -0.3 is 14.8 Å². The average molecular weight is 423 g/mol. The first-order valence-corrected chi connectivity index (χ1v) is 10.3. The second-order valence-electron chi connectivity index (χ2n) is 7.36. The van der Waals surface area contributed by atoms with Gasteiger partial charge in [0.2, 0.25) is 0 Å². The number of benzene rings is 2. The molecule has 7 heteroatoms. The minimum Gasteiger partial charge on any atom is -0.465 e. The zero-order valence-corrected chi connectivity index (χ0v) is 17.4. The predicted molar refractivity (Wildman–Crippen MR) is 114 cm³/mol. The molecule has 1 N–H and O–H groups in total. The van der Waals surface area contributed by atoms with E-state index in [-0.39, 0.29) is 29.9 Å². The number of nitrogens with one attached hydrogen (secondary N) is 1. The van der Waals surface area contributed by atoms with Gasteiger partial charge in [0.1, 0.15) is 0 Å². The number of hydrogen-bond acceptors (Lipinski definition) is 6. The fourth-order valence-corrected chi connectivity index (χ4v) is 3.55. The lowest BCUT2D eigenvalue weighted by molar-refractivity contribution is -0.147. The van der Waals surface area contributed by atoms with Crippen molar-refractivity contribution in [2.45, 2.75) is 38.5 Å². The lowest BCUT2D eigenvalue weighted by Crippen LogP contribution is -2.22. The second kappa shape index (κ2) is 10.5. The van der Waals surface area contributed by atoms with Crippen LogP contribution in [0.25, 0.3) is 0 Å². The van der Waals surface area contributed by atoms with Gasteiger partial charge in [0.25, 0.3) is 5.91 Å². The summed E-state index contributed by atoms with van der Waals surface area (Å²) in [6.45, 7) is -0.513. The number of anilines is 1. The molecule has 0 bridgehead atoms. The Kier molecular flexibility index (Phi) is 7.54. The van der Waals surface area contributed by atoms with Crippen LogP contribution in [0.5, 0.6) is 0 Å². The van der Waals surface area contributed by atoms with E-state index in [4.69, 9.17) is 4.74 Å². The number of aryl methyl sites for hydroxylation is 2. The van der Waals surface area contributed by atoms with Gasteiger partial charge in [-0.1, -0.05) is 24.3 Å². The molecule has 0 heterocycles. The van der Waals surface area contributed by atoms with Crippen molar-refractivity contribution < 1.29 is 28.7 Å². The van der Waals surface area contributed by atoms with Crippen molar-refractivity contribution in [2.75, 3.05) is 19.0 Å². The smallest absolute Gasteiger partial charge is 0.339 e. The van der Waals surface area contributed by atoms with Gasteiger partial charge in [-0.15, -0.1) is 0 Å². The van der Waals surface area contributed by atoms with Gasteiger partial charge in [0, 0.05) is 12.0 Å². The van der Waals surface area contributed by atoms with Crippen molar-refractivity contribution in [2.24, 2.45) is 0 Å². The molecule has 0 aromatic heterocycles. The highest BCUT2D eigenvalue weighted by atomic mass is 16.5. The minimum atomic E-state index is -0.636.